The second-order valence-corrected chi connectivity index (χ2v) is 13.0. The minimum Gasteiger partial charge on any atom is -0.492 e. The maximum Gasteiger partial charge on any atom is 0.264 e. The fraction of sp³-hybridized carbons (Fsp3) is 0.400. The van der Waals surface area contributed by atoms with Crippen LogP contribution in [0, 0.1) is 11.8 Å². The Morgan fingerprint density at radius 3 is 2.70 bits per heavy atom. The van der Waals surface area contributed by atoms with Crippen molar-refractivity contribution < 1.29 is 22.7 Å². The van der Waals surface area contributed by atoms with Crippen molar-refractivity contribution in [1.82, 2.24) is 9.71 Å². The number of aryl methyl sites for hydroxylation is 1. The molecule has 0 unspecified atom stereocenters. The first-order chi connectivity index (χ1) is 19.3. The van der Waals surface area contributed by atoms with Crippen LogP contribution < -0.4 is 19.1 Å². The van der Waals surface area contributed by atoms with E-state index in [0.29, 0.717) is 65.9 Å². The summed E-state index contributed by atoms with van der Waals surface area (Å²) in [5.74, 6) is 1.28. The minimum atomic E-state index is -4.13. The number of pyridine rings is 1. The Kier molecular flexibility index (Phi) is 7.59. The molecule has 1 aliphatic carbocycles. The second-order valence-electron chi connectivity index (χ2n) is 10.9. The van der Waals surface area contributed by atoms with Gasteiger partial charge in [-0.3, -0.25) is 9.78 Å². The number of ether oxygens (including phenoxy) is 2. The summed E-state index contributed by atoms with van der Waals surface area (Å²) in [5, 5.41) is 0.706. The highest BCUT2D eigenvalue weighted by atomic mass is 35.5. The Morgan fingerprint density at radius 1 is 0.975 bits per heavy atom. The Hall–Kier alpha value is -3.30. The van der Waals surface area contributed by atoms with E-state index in [2.05, 4.69) is 20.7 Å². The van der Waals surface area contributed by atoms with E-state index in [4.69, 9.17) is 21.1 Å². The summed E-state index contributed by atoms with van der Waals surface area (Å²) < 4.78 is 41.3. The SMILES string of the molecule is O=C1Cc2cncc(c2)OC[C@@H]2CC[C@H]2CN2Cc3ccc(Cl)cc3CCCCOc3ccc(cc32)S(=O)(=O)N1. The van der Waals surface area contributed by atoms with Gasteiger partial charge in [0.15, 0.2) is 0 Å². The van der Waals surface area contributed by atoms with Crippen LogP contribution in [-0.4, -0.2) is 39.1 Å². The van der Waals surface area contributed by atoms with Crippen LogP contribution in [0.4, 0.5) is 5.69 Å². The van der Waals surface area contributed by atoms with Crippen molar-refractivity contribution in [3.63, 3.8) is 0 Å². The molecule has 2 aromatic carbocycles. The van der Waals surface area contributed by atoms with Crippen LogP contribution in [0.15, 0.2) is 59.8 Å². The molecule has 1 aromatic heterocycles. The second kappa shape index (κ2) is 11.3. The van der Waals surface area contributed by atoms with Crippen LogP contribution in [0.2, 0.25) is 5.02 Å². The van der Waals surface area contributed by atoms with Gasteiger partial charge in [-0.05, 0) is 97.0 Å². The average Bonchev–Trinajstić information content (AvgIpc) is 2.93. The lowest BCUT2D eigenvalue weighted by Gasteiger charge is -2.41. The summed E-state index contributed by atoms with van der Waals surface area (Å²) in [6.07, 6.45) is 7.86. The standard InChI is InChI=1S/C30H32ClN3O5S/c31-25-7-6-22-17-34-18-23-4-5-24(23)19-39-26-11-20(15-32-16-26)12-30(35)33-40(36,37)27-8-9-29(28(34)14-27)38-10-2-1-3-21(22)13-25/h6-9,11,13-16,23-24H,1-5,10,12,17-19H2,(H,33,35)/t23-,24-/m0/s1. The summed E-state index contributed by atoms with van der Waals surface area (Å²) in [4.78, 5) is 19.2. The average molecular weight is 582 g/mol. The van der Waals surface area contributed by atoms with Crippen molar-refractivity contribution in [2.75, 3.05) is 24.7 Å². The highest BCUT2D eigenvalue weighted by Gasteiger charge is 2.34. The van der Waals surface area contributed by atoms with Gasteiger partial charge < -0.3 is 14.4 Å². The molecular weight excluding hydrogens is 550 g/mol. The largest absolute Gasteiger partial charge is 0.492 e. The summed E-state index contributed by atoms with van der Waals surface area (Å²) in [7, 11) is -4.13. The Balaban J connectivity index is 1.44. The molecule has 0 spiro atoms. The molecule has 2 aliphatic heterocycles. The minimum absolute atomic E-state index is 0.0202. The van der Waals surface area contributed by atoms with E-state index in [1.165, 1.54) is 11.6 Å². The summed E-state index contributed by atoms with van der Waals surface area (Å²) in [6.45, 7) is 2.36. The molecule has 3 heterocycles. The Bertz CT molecular complexity index is 1530. The van der Waals surface area contributed by atoms with Gasteiger partial charge in [-0.1, -0.05) is 17.7 Å². The number of hydrogen-bond acceptors (Lipinski definition) is 7. The van der Waals surface area contributed by atoms with E-state index in [9.17, 15) is 13.2 Å². The molecule has 3 aromatic rings. The molecule has 210 valence electrons. The third kappa shape index (κ3) is 5.90. The van der Waals surface area contributed by atoms with Crippen molar-refractivity contribution in [2.45, 2.75) is 50.0 Å². The number of sulfonamides is 1. The lowest BCUT2D eigenvalue weighted by Crippen LogP contribution is -2.41. The van der Waals surface area contributed by atoms with E-state index < -0.39 is 15.9 Å². The van der Waals surface area contributed by atoms with Crippen LogP contribution in [-0.2, 0) is 34.2 Å². The molecule has 40 heavy (non-hydrogen) atoms. The number of nitrogens with one attached hydrogen (secondary N) is 1. The van der Waals surface area contributed by atoms with Gasteiger partial charge in [-0.2, -0.15) is 0 Å². The number of hydrogen-bond donors (Lipinski definition) is 1. The van der Waals surface area contributed by atoms with Crippen LogP contribution in [0.3, 0.4) is 0 Å². The number of halogens is 1. The van der Waals surface area contributed by atoms with Crippen LogP contribution >= 0.6 is 11.6 Å². The van der Waals surface area contributed by atoms with Crippen LogP contribution in [0.1, 0.15) is 42.4 Å². The van der Waals surface area contributed by atoms with E-state index in [-0.39, 0.29) is 11.3 Å². The highest BCUT2D eigenvalue weighted by Crippen LogP contribution is 2.40. The van der Waals surface area contributed by atoms with Gasteiger partial charge in [0, 0.05) is 24.3 Å². The quantitative estimate of drug-likeness (QED) is 0.402. The summed E-state index contributed by atoms with van der Waals surface area (Å²) in [5.41, 5.74) is 3.64. The number of benzene rings is 2. The van der Waals surface area contributed by atoms with E-state index in [0.717, 1.165) is 37.7 Å². The fourth-order valence-electron chi connectivity index (χ4n) is 5.72. The van der Waals surface area contributed by atoms with E-state index >= 15 is 0 Å². The molecule has 8 nitrogen and oxygen atoms in total. The lowest BCUT2D eigenvalue weighted by atomic mass is 9.73. The van der Waals surface area contributed by atoms with Gasteiger partial charge in [0.2, 0.25) is 5.91 Å². The molecule has 2 atom stereocenters. The Morgan fingerprint density at radius 2 is 1.85 bits per heavy atom. The Labute approximate surface area is 239 Å². The molecule has 10 heteroatoms. The number of fused-ring (bicyclic) bond motifs is 5. The molecule has 0 radical (unpaired) electrons. The molecule has 1 saturated carbocycles. The number of aromatic nitrogens is 1. The lowest BCUT2D eigenvalue weighted by molar-refractivity contribution is -0.118. The zero-order valence-electron chi connectivity index (χ0n) is 22.1. The number of rotatable bonds is 0. The third-order valence-corrected chi connectivity index (χ3v) is 9.69. The van der Waals surface area contributed by atoms with Gasteiger partial charge in [0.25, 0.3) is 10.0 Å². The normalized spacial score (nSPS) is 22.6. The summed E-state index contributed by atoms with van der Waals surface area (Å²) >= 11 is 6.37. The monoisotopic (exact) mass is 581 g/mol. The summed E-state index contributed by atoms with van der Waals surface area (Å²) in [6, 6.07) is 12.6. The van der Waals surface area contributed by atoms with Gasteiger partial charge in [0.1, 0.15) is 11.5 Å². The first-order valence-electron chi connectivity index (χ1n) is 13.8. The highest BCUT2D eigenvalue weighted by molar-refractivity contribution is 7.90. The van der Waals surface area contributed by atoms with Gasteiger partial charge in [0.05, 0.1) is 36.4 Å². The van der Waals surface area contributed by atoms with E-state index in [1.54, 1.807) is 30.6 Å². The maximum absolute atomic E-state index is 13.4. The van der Waals surface area contributed by atoms with Crippen molar-refractivity contribution in [1.29, 1.82) is 0 Å². The number of nitrogens with zero attached hydrogens (tertiary/aromatic N) is 2. The van der Waals surface area contributed by atoms with Crippen LogP contribution in [0.25, 0.3) is 0 Å². The van der Waals surface area contributed by atoms with Crippen molar-refractivity contribution in [3.8, 4) is 11.5 Å². The fourth-order valence-corrected chi connectivity index (χ4v) is 6.92. The molecule has 0 saturated heterocycles. The first kappa shape index (κ1) is 26.9. The maximum atomic E-state index is 13.4. The first-order valence-corrected chi connectivity index (χ1v) is 15.6. The van der Waals surface area contributed by atoms with Crippen molar-refractivity contribution in [2.24, 2.45) is 11.8 Å². The number of carbonyl (C=O) groups is 1. The van der Waals surface area contributed by atoms with Gasteiger partial charge in [-0.15, -0.1) is 0 Å². The van der Waals surface area contributed by atoms with Crippen molar-refractivity contribution >= 4 is 33.2 Å². The van der Waals surface area contributed by atoms with Crippen molar-refractivity contribution in [3.05, 3.63) is 76.6 Å². The molecule has 6 rings (SSSR count). The predicted molar refractivity (Wildman–Crippen MR) is 152 cm³/mol. The zero-order chi connectivity index (χ0) is 27.7. The number of anilines is 1. The number of carbonyl (C=O) groups excluding carboxylic acids is 1. The smallest absolute Gasteiger partial charge is 0.264 e. The topological polar surface area (TPSA) is 97.8 Å². The molecule has 1 amide bonds. The molecular formula is C30H32ClN3O5S. The molecule has 3 aliphatic rings. The zero-order valence-corrected chi connectivity index (χ0v) is 23.7. The van der Waals surface area contributed by atoms with Crippen LogP contribution in [0.5, 0.6) is 11.5 Å². The van der Waals surface area contributed by atoms with E-state index in [1.807, 2.05) is 12.1 Å². The molecule has 4 bridgehead atoms. The number of amides is 1. The third-order valence-electron chi connectivity index (χ3n) is 8.09. The molecule has 1 fully saturated rings. The van der Waals surface area contributed by atoms with Gasteiger partial charge in [-0.25, -0.2) is 13.1 Å². The predicted octanol–water partition coefficient (Wildman–Crippen LogP) is 4.92. The van der Waals surface area contributed by atoms with Gasteiger partial charge >= 0.3 is 0 Å². The molecule has 1 N–H and O–H groups in total.